The standard InChI is InChI=1S/C7H7BrN2OS/c8-7-2-1-5(4-11)6-3-9-12-10(6)7/h1-3,9,11H,4H2. The summed E-state index contributed by atoms with van der Waals surface area (Å²) in [5.41, 5.74) is 1.94. The minimum atomic E-state index is 0.0708. The number of halogens is 1. The van der Waals surface area contributed by atoms with E-state index in [1.807, 2.05) is 22.7 Å². The van der Waals surface area contributed by atoms with Crippen LogP contribution < -0.4 is 4.72 Å². The average Bonchev–Trinajstić information content (AvgIpc) is 2.54. The van der Waals surface area contributed by atoms with Crippen LogP contribution in [-0.2, 0) is 0 Å². The van der Waals surface area contributed by atoms with Gasteiger partial charge in [-0.05, 0) is 22.0 Å². The SMILES string of the molecule is OCC1=CC=C(Br)N2SNC=C12. The normalized spacial score (nSPS) is 20.8. The number of aliphatic hydroxyl groups is 1. The molecule has 0 spiro atoms. The summed E-state index contributed by atoms with van der Waals surface area (Å²) in [5.74, 6) is 0. The quantitative estimate of drug-likeness (QED) is 0.543. The molecule has 2 N–H and O–H groups in total. The molecular weight excluding hydrogens is 240 g/mol. The van der Waals surface area contributed by atoms with E-state index < -0.39 is 0 Å². The van der Waals surface area contributed by atoms with Crippen LogP contribution in [0.5, 0.6) is 0 Å². The molecule has 0 saturated heterocycles. The molecule has 0 bridgehead atoms. The largest absolute Gasteiger partial charge is 0.392 e. The van der Waals surface area contributed by atoms with Crippen LogP contribution in [0.1, 0.15) is 0 Å². The Bertz CT molecular complexity index is 298. The number of hydrogen-bond donors (Lipinski definition) is 2. The number of nitrogens with one attached hydrogen (secondary N) is 1. The predicted octanol–water partition coefficient (Wildman–Crippen LogP) is 1.46. The number of allylic oxidation sites excluding steroid dienone is 2. The van der Waals surface area contributed by atoms with E-state index in [0.29, 0.717) is 0 Å². The maximum Gasteiger partial charge on any atom is 0.0972 e. The molecule has 5 heteroatoms. The van der Waals surface area contributed by atoms with Crippen LogP contribution >= 0.6 is 28.1 Å². The molecule has 0 aromatic rings. The number of aliphatic hydroxyl groups excluding tert-OH is 1. The Morgan fingerprint density at radius 3 is 3.17 bits per heavy atom. The van der Waals surface area contributed by atoms with Gasteiger partial charge in [-0.15, -0.1) is 0 Å². The first-order valence-corrected chi connectivity index (χ1v) is 5.00. The molecule has 0 unspecified atom stereocenters. The van der Waals surface area contributed by atoms with Crippen molar-refractivity contribution in [3.05, 3.63) is 34.2 Å². The molecule has 2 heterocycles. The van der Waals surface area contributed by atoms with Crippen molar-refractivity contribution in [2.75, 3.05) is 6.61 Å². The molecule has 64 valence electrons. The van der Waals surface area contributed by atoms with E-state index in [0.717, 1.165) is 15.9 Å². The molecule has 0 aliphatic carbocycles. The van der Waals surface area contributed by atoms with Crippen molar-refractivity contribution in [2.45, 2.75) is 0 Å². The van der Waals surface area contributed by atoms with Crippen molar-refractivity contribution in [2.24, 2.45) is 0 Å². The highest BCUT2D eigenvalue weighted by Crippen LogP contribution is 2.36. The molecule has 0 atom stereocenters. The van der Waals surface area contributed by atoms with Crippen molar-refractivity contribution >= 4 is 28.1 Å². The van der Waals surface area contributed by atoms with Gasteiger partial charge in [0.1, 0.15) is 0 Å². The fourth-order valence-corrected chi connectivity index (χ4v) is 2.31. The van der Waals surface area contributed by atoms with E-state index in [4.69, 9.17) is 5.11 Å². The van der Waals surface area contributed by atoms with E-state index in [1.165, 1.54) is 12.1 Å². The number of rotatable bonds is 1. The topological polar surface area (TPSA) is 35.5 Å². The van der Waals surface area contributed by atoms with Crippen LogP contribution in [0.15, 0.2) is 34.2 Å². The van der Waals surface area contributed by atoms with Gasteiger partial charge in [-0.25, -0.2) is 0 Å². The Hall–Kier alpha value is -0.390. The average molecular weight is 247 g/mol. The van der Waals surface area contributed by atoms with Gasteiger partial charge in [-0.2, -0.15) is 0 Å². The first-order chi connectivity index (χ1) is 5.83. The third kappa shape index (κ3) is 1.18. The van der Waals surface area contributed by atoms with Gasteiger partial charge in [0.2, 0.25) is 0 Å². The lowest BCUT2D eigenvalue weighted by Gasteiger charge is -2.22. The highest BCUT2D eigenvalue weighted by atomic mass is 79.9. The third-order valence-electron chi connectivity index (χ3n) is 1.67. The second-order valence-electron chi connectivity index (χ2n) is 2.37. The maximum atomic E-state index is 9.01. The van der Waals surface area contributed by atoms with E-state index >= 15 is 0 Å². The summed E-state index contributed by atoms with van der Waals surface area (Å²) in [7, 11) is 0. The minimum absolute atomic E-state index is 0.0708. The summed E-state index contributed by atoms with van der Waals surface area (Å²) in [6.45, 7) is 0.0708. The molecule has 0 radical (unpaired) electrons. The molecule has 0 saturated carbocycles. The Morgan fingerprint density at radius 1 is 1.58 bits per heavy atom. The summed E-state index contributed by atoms with van der Waals surface area (Å²) in [4.78, 5) is 0. The van der Waals surface area contributed by atoms with Crippen LogP contribution in [0.3, 0.4) is 0 Å². The Morgan fingerprint density at radius 2 is 2.42 bits per heavy atom. The van der Waals surface area contributed by atoms with Crippen LogP contribution in [0.4, 0.5) is 0 Å². The molecular formula is C7H7BrN2OS. The molecule has 3 nitrogen and oxygen atoms in total. The predicted molar refractivity (Wildman–Crippen MR) is 52.8 cm³/mol. The van der Waals surface area contributed by atoms with Gasteiger partial charge in [0.05, 0.1) is 29.0 Å². The van der Waals surface area contributed by atoms with Crippen LogP contribution in [0.25, 0.3) is 0 Å². The fraction of sp³-hybridized carbons (Fsp3) is 0.143. The summed E-state index contributed by atoms with van der Waals surface area (Å²) in [5, 5.41) is 9.01. The zero-order valence-electron chi connectivity index (χ0n) is 6.12. The van der Waals surface area contributed by atoms with Gasteiger partial charge in [0, 0.05) is 11.8 Å². The summed E-state index contributed by atoms with van der Waals surface area (Å²) < 4.78 is 5.98. The van der Waals surface area contributed by atoms with E-state index in [9.17, 15) is 0 Å². The summed E-state index contributed by atoms with van der Waals surface area (Å²) in [6, 6.07) is 0. The summed E-state index contributed by atoms with van der Waals surface area (Å²) >= 11 is 4.89. The van der Waals surface area contributed by atoms with E-state index in [-0.39, 0.29) is 6.61 Å². The van der Waals surface area contributed by atoms with E-state index in [1.54, 1.807) is 0 Å². The van der Waals surface area contributed by atoms with Gasteiger partial charge >= 0.3 is 0 Å². The molecule has 0 aromatic carbocycles. The van der Waals surface area contributed by atoms with Crippen molar-refractivity contribution < 1.29 is 5.11 Å². The van der Waals surface area contributed by atoms with Crippen molar-refractivity contribution in [3.8, 4) is 0 Å². The Balaban J connectivity index is 2.37. The first-order valence-electron chi connectivity index (χ1n) is 3.43. The maximum absolute atomic E-state index is 9.01. The molecule has 2 aliphatic heterocycles. The van der Waals surface area contributed by atoms with Gasteiger partial charge in [0.25, 0.3) is 0 Å². The Labute approximate surface area is 83.2 Å². The lowest BCUT2D eigenvalue weighted by atomic mass is 10.1. The molecule has 0 aromatic heterocycles. The van der Waals surface area contributed by atoms with Crippen LogP contribution in [0.2, 0.25) is 0 Å². The second kappa shape index (κ2) is 3.16. The number of nitrogens with zero attached hydrogens (tertiary/aromatic N) is 1. The van der Waals surface area contributed by atoms with Gasteiger partial charge in [-0.3, -0.25) is 4.31 Å². The first kappa shape index (κ1) is 8.22. The number of hydrogen-bond acceptors (Lipinski definition) is 4. The highest BCUT2D eigenvalue weighted by Gasteiger charge is 2.23. The van der Waals surface area contributed by atoms with Crippen LogP contribution in [-0.4, -0.2) is 16.0 Å². The van der Waals surface area contributed by atoms with Crippen LogP contribution in [0, 0.1) is 0 Å². The second-order valence-corrected chi connectivity index (χ2v) is 3.97. The highest BCUT2D eigenvalue weighted by molar-refractivity contribution is 9.11. The molecule has 12 heavy (non-hydrogen) atoms. The van der Waals surface area contributed by atoms with Gasteiger partial charge in [-0.1, -0.05) is 6.08 Å². The smallest absolute Gasteiger partial charge is 0.0972 e. The number of fused-ring (bicyclic) bond motifs is 1. The monoisotopic (exact) mass is 246 g/mol. The molecule has 2 rings (SSSR count). The zero-order chi connectivity index (χ0) is 8.55. The molecule has 2 aliphatic rings. The minimum Gasteiger partial charge on any atom is -0.392 e. The van der Waals surface area contributed by atoms with Crippen molar-refractivity contribution in [1.29, 1.82) is 0 Å². The lowest BCUT2D eigenvalue weighted by molar-refractivity contribution is 0.330. The molecule has 0 fully saturated rings. The molecule has 0 amide bonds. The van der Waals surface area contributed by atoms with Gasteiger partial charge < -0.3 is 9.83 Å². The summed E-state index contributed by atoms with van der Waals surface area (Å²) in [6.07, 6.45) is 5.70. The van der Waals surface area contributed by atoms with E-state index in [2.05, 4.69) is 20.7 Å². The lowest BCUT2D eigenvalue weighted by Crippen LogP contribution is -2.14. The zero-order valence-corrected chi connectivity index (χ0v) is 8.52. The van der Waals surface area contributed by atoms with Crippen molar-refractivity contribution in [3.63, 3.8) is 0 Å². The van der Waals surface area contributed by atoms with Crippen molar-refractivity contribution in [1.82, 2.24) is 9.03 Å². The Kier molecular flexibility index (Phi) is 2.16. The third-order valence-corrected chi connectivity index (χ3v) is 3.33. The fourth-order valence-electron chi connectivity index (χ4n) is 1.08. The van der Waals surface area contributed by atoms with Gasteiger partial charge in [0.15, 0.2) is 0 Å².